The molecule has 3 nitrogen and oxygen atoms in total. The van der Waals surface area contributed by atoms with Gasteiger partial charge in [-0.25, -0.2) is 0 Å². The number of carbonyl (C=O) groups excluding carboxylic acids is 1. The normalized spacial score (nSPS) is 13.2. The van der Waals surface area contributed by atoms with Crippen LogP contribution in [0.1, 0.15) is 29.0 Å². The summed E-state index contributed by atoms with van der Waals surface area (Å²) in [6.07, 6.45) is -4.45. The number of hydrogen-bond acceptors (Lipinski definition) is 3. The Kier molecular flexibility index (Phi) is 4.94. The van der Waals surface area contributed by atoms with Gasteiger partial charge in [-0.2, -0.15) is 13.2 Å². The van der Waals surface area contributed by atoms with Crippen molar-refractivity contribution in [1.82, 2.24) is 0 Å². The number of hydrogen-bond donors (Lipinski definition) is 1. The van der Waals surface area contributed by atoms with Crippen LogP contribution in [0.5, 0.6) is 0 Å². The van der Waals surface area contributed by atoms with Crippen LogP contribution in [0.15, 0.2) is 18.2 Å². The van der Waals surface area contributed by atoms with E-state index in [0.29, 0.717) is 5.56 Å². The summed E-state index contributed by atoms with van der Waals surface area (Å²) in [6, 6.07) is 4.00. The van der Waals surface area contributed by atoms with E-state index in [2.05, 4.69) is 4.74 Å². The largest absolute Gasteiger partial charge is 0.469 e. The van der Waals surface area contributed by atoms with Crippen LogP contribution in [0.25, 0.3) is 0 Å². The zero-order chi connectivity index (χ0) is 14.6. The molecule has 0 radical (unpaired) electrons. The molecular formula is C13H16F3NO2. The minimum atomic E-state index is -4.41. The predicted octanol–water partition coefficient (Wildman–Crippen LogP) is 2.62. The molecule has 1 rings (SSSR count). The maximum Gasteiger partial charge on any atom is 0.416 e. The Hall–Kier alpha value is -1.56. The van der Waals surface area contributed by atoms with E-state index < -0.39 is 23.6 Å². The lowest BCUT2D eigenvalue weighted by atomic mass is 9.92. The molecule has 106 valence electrons. The average Bonchev–Trinajstić information content (AvgIpc) is 2.35. The van der Waals surface area contributed by atoms with Crippen LogP contribution >= 0.6 is 0 Å². The number of rotatable bonds is 4. The van der Waals surface area contributed by atoms with Crippen molar-refractivity contribution in [1.29, 1.82) is 0 Å². The highest BCUT2D eigenvalue weighted by molar-refractivity contribution is 5.70. The van der Waals surface area contributed by atoms with Gasteiger partial charge in [-0.1, -0.05) is 12.1 Å². The van der Waals surface area contributed by atoms with E-state index in [1.807, 2.05) is 0 Å². The Balaban J connectivity index is 3.09. The molecule has 0 spiro atoms. The summed E-state index contributed by atoms with van der Waals surface area (Å²) < 4.78 is 42.9. The van der Waals surface area contributed by atoms with Gasteiger partial charge >= 0.3 is 12.1 Å². The van der Waals surface area contributed by atoms with Crippen molar-refractivity contribution in [2.24, 2.45) is 5.73 Å². The fraction of sp³-hybridized carbons (Fsp3) is 0.462. The predicted molar refractivity (Wildman–Crippen MR) is 64.6 cm³/mol. The summed E-state index contributed by atoms with van der Waals surface area (Å²) in [6.45, 7) is 1.47. The van der Waals surface area contributed by atoms with Crippen LogP contribution in [-0.2, 0) is 15.7 Å². The minimum Gasteiger partial charge on any atom is -0.469 e. The third-order valence-electron chi connectivity index (χ3n) is 2.96. The Morgan fingerprint density at radius 2 is 2.05 bits per heavy atom. The number of halogens is 3. The third-order valence-corrected chi connectivity index (χ3v) is 2.96. The molecule has 0 fully saturated rings. The fourth-order valence-corrected chi connectivity index (χ4v) is 1.82. The second-order valence-electron chi connectivity index (χ2n) is 4.29. The lowest BCUT2D eigenvalue weighted by Gasteiger charge is -2.17. The van der Waals surface area contributed by atoms with Crippen molar-refractivity contribution < 1.29 is 22.7 Å². The summed E-state index contributed by atoms with van der Waals surface area (Å²) in [5.41, 5.74) is 5.35. The molecule has 0 heterocycles. The smallest absolute Gasteiger partial charge is 0.416 e. The standard InChI is InChI=1S/C13H16F3NO2/c1-8-3-4-9(5-11(8)13(14,15)16)10(7-17)6-12(18)19-2/h3-5,10H,6-7,17H2,1-2H3. The van der Waals surface area contributed by atoms with Gasteiger partial charge < -0.3 is 10.5 Å². The highest BCUT2D eigenvalue weighted by Gasteiger charge is 2.33. The Morgan fingerprint density at radius 3 is 2.53 bits per heavy atom. The van der Waals surface area contributed by atoms with Crippen LogP contribution in [-0.4, -0.2) is 19.6 Å². The molecule has 1 atom stereocenters. The zero-order valence-corrected chi connectivity index (χ0v) is 10.8. The summed E-state index contributed by atoms with van der Waals surface area (Å²) >= 11 is 0. The van der Waals surface area contributed by atoms with E-state index in [1.165, 1.54) is 20.1 Å². The first-order chi connectivity index (χ1) is 8.79. The number of carbonyl (C=O) groups is 1. The molecule has 1 unspecified atom stereocenters. The van der Waals surface area contributed by atoms with Crippen molar-refractivity contribution in [3.8, 4) is 0 Å². The topological polar surface area (TPSA) is 52.3 Å². The first-order valence-corrected chi connectivity index (χ1v) is 5.74. The quantitative estimate of drug-likeness (QED) is 0.859. The number of alkyl halides is 3. The minimum absolute atomic E-state index is 0.0344. The van der Waals surface area contributed by atoms with Crippen molar-refractivity contribution in [3.63, 3.8) is 0 Å². The molecule has 1 aromatic rings. The van der Waals surface area contributed by atoms with Gasteiger partial charge in [-0.3, -0.25) is 4.79 Å². The molecule has 0 aliphatic heterocycles. The highest BCUT2D eigenvalue weighted by atomic mass is 19.4. The van der Waals surface area contributed by atoms with Crippen LogP contribution < -0.4 is 5.73 Å². The Morgan fingerprint density at radius 1 is 1.42 bits per heavy atom. The zero-order valence-electron chi connectivity index (χ0n) is 10.8. The summed E-state index contributed by atoms with van der Waals surface area (Å²) in [4.78, 5) is 11.2. The third kappa shape index (κ3) is 3.96. The maximum atomic E-state index is 12.8. The molecule has 0 aromatic heterocycles. The first-order valence-electron chi connectivity index (χ1n) is 5.74. The highest BCUT2D eigenvalue weighted by Crippen LogP contribution is 2.34. The van der Waals surface area contributed by atoms with Crippen molar-refractivity contribution in [2.75, 3.05) is 13.7 Å². The van der Waals surface area contributed by atoms with E-state index >= 15 is 0 Å². The molecule has 0 aliphatic carbocycles. The lowest BCUT2D eigenvalue weighted by Crippen LogP contribution is -2.18. The fourth-order valence-electron chi connectivity index (χ4n) is 1.82. The number of nitrogens with two attached hydrogens (primary N) is 1. The molecule has 0 saturated carbocycles. The Labute approximate surface area is 109 Å². The average molecular weight is 275 g/mol. The SMILES string of the molecule is COC(=O)CC(CN)c1ccc(C)c(C(F)(F)F)c1. The molecule has 0 amide bonds. The number of ether oxygens (including phenoxy) is 1. The molecule has 0 bridgehead atoms. The van der Waals surface area contributed by atoms with Crippen molar-refractivity contribution in [3.05, 3.63) is 34.9 Å². The second kappa shape index (κ2) is 6.06. The van der Waals surface area contributed by atoms with E-state index in [0.717, 1.165) is 6.07 Å². The molecule has 0 aliphatic rings. The molecule has 0 saturated heterocycles. The van der Waals surface area contributed by atoms with Gasteiger partial charge in [0.05, 0.1) is 19.1 Å². The summed E-state index contributed by atoms with van der Waals surface area (Å²) in [7, 11) is 1.23. The molecule has 1 aromatic carbocycles. The van der Waals surface area contributed by atoms with Crippen LogP contribution in [0, 0.1) is 6.92 Å². The van der Waals surface area contributed by atoms with Gasteiger partial charge in [0.25, 0.3) is 0 Å². The Bertz CT molecular complexity index is 458. The second-order valence-corrected chi connectivity index (χ2v) is 4.29. The van der Waals surface area contributed by atoms with E-state index in [9.17, 15) is 18.0 Å². The number of benzene rings is 1. The number of esters is 1. The summed E-state index contributed by atoms with van der Waals surface area (Å²) in [5, 5.41) is 0. The van der Waals surface area contributed by atoms with Crippen LogP contribution in [0.3, 0.4) is 0 Å². The molecule has 2 N–H and O–H groups in total. The van der Waals surface area contributed by atoms with Gasteiger partial charge in [-0.15, -0.1) is 0 Å². The number of aryl methyl sites for hydroxylation is 1. The molecule has 6 heteroatoms. The van der Waals surface area contributed by atoms with Gasteiger partial charge in [0.2, 0.25) is 0 Å². The van der Waals surface area contributed by atoms with Gasteiger partial charge in [0, 0.05) is 5.92 Å². The summed E-state index contributed by atoms with van der Waals surface area (Å²) in [5.74, 6) is -0.973. The van der Waals surface area contributed by atoms with Crippen LogP contribution in [0.2, 0.25) is 0 Å². The van der Waals surface area contributed by atoms with Gasteiger partial charge in [-0.05, 0) is 30.7 Å². The molecule has 19 heavy (non-hydrogen) atoms. The van der Waals surface area contributed by atoms with Gasteiger partial charge in [0.15, 0.2) is 0 Å². The van der Waals surface area contributed by atoms with Crippen molar-refractivity contribution in [2.45, 2.75) is 25.4 Å². The van der Waals surface area contributed by atoms with Crippen molar-refractivity contribution >= 4 is 5.97 Å². The first kappa shape index (κ1) is 15.5. The molecular weight excluding hydrogens is 259 g/mol. The lowest BCUT2D eigenvalue weighted by molar-refractivity contribution is -0.141. The monoisotopic (exact) mass is 275 g/mol. The maximum absolute atomic E-state index is 12.8. The van der Waals surface area contributed by atoms with Gasteiger partial charge in [0.1, 0.15) is 0 Å². The van der Waals surface area contributed by atoms with E-state index in [-0.39, 0.29) is 18.5 Å². The van der Waals surface area contributed by atoms with E-state index in [1.54, 1.807) is 6.07 Å². The van der Waals surface area contributed by atoms with Crippen LogP contribution in [0.4, 0.5) is 13.2 Å². The van der Waals surface area contributed by atoms with E-state index in [4.69, 9.17) is 5.73 Å². The number of methoxy groups -OCH3 is 1.